The molecule has 0 aromatic heterocycles. The number of hydrogen-bond donors (Lipinski definition) is 1. The highest BCUT2D eigenvalue weighted by Gasteiger charge is 2.51. The Kier molecular flexibility index (Phi) is 8.55. The van der Waals surface area contributed by atoms with Crippen molar-refractivity contribution in [3.8, 4) is 0 Å². The Labute approximate surface area is 236 Å². The summed E-state index contributed by atoms with van der Waals surface area (Å²) in [5.41, 5.74) is 2.02. The van der Waals surface area contributed by atoms with Gasteiger partial charge in [-0.2, -0.15) is 0 Å². The second kappa shape index (κ2) is 12.4. The summed E-state index contributed by atoms with van der Waals surface area (Å²) in [5.74, 6) is -1.27. The van der Waals surface area contributed by atoms with Gasteiger partial charge in [0.05, 0.1) is 26.3 Å². The third-order valence-corrected chi connectivity index (χ3v) is 7.17. The predicted molar refractivity (Wildman–Crippen MR) is 146 cm³/mol. The number of fused-ring (bicyclic) bond motifs is 1. The Bertz CT molecular complexity index is 1390. The minimum Gasteiger partial charge on any atom is -0.375 e. The quantitative estimate of drug-likeness (QED) is 0.426. The number of halogens is 2. The SMILES string of the molecule is CN1CC(=O)N2[C@@H](c3ccccc3)C(=O)N(CCOCc3cccc(F)c3)C[C@@H]2N1C(=O)NCc1ccc(F)cc1. The van der Waals surface area contributed by atoms with Crippen LogP contribution in [0.15, 0.2) is 78.9 Å². The van der Waals surface area contributed by atoms with E-state index in [1.165, 1.54) is 34.2 Å². The van der Waals surface area contributed by atoms with Crippen molar-refractivity contribution in [3.63, 3.8) is 0 Å². The normalized spacial score (nSPS) is 19.3. The zero-order valence-corrected chi connectivity index (χ0v) is 22.6. The molecule has 214 valence electrons. The molecule has 1 N–H and O–H groups in total. The zero-order chi connectivity index (χ0) is 28.9. The number of ether oxygens (including phenoxy) is 1. The van der Waals surface area contributed by atoms with Crippen molar-refractivity contribution < 1.29 is 27.9 Å². The number of nitrogens with one attached hydrogen (secondary N) is 1. The molecule has 0 aliphatic carbocycles. The molecule has 0 bridgehead atoms. The Hall–Kier alpha value is -4.35. The van der Waals surface area contributed by atoms with Crippen LogP contribution in [0.5, 0.6) is 0 Å². The van der Waals surface area contributed by atoms with Gasteiger partial charge in [0.25, 0.3) is 0 Å². The molecule has 4 amide bonds. The number of amides is 4. The number of benzene rings is 3. The van der Waals surface area contributed by atoms with Gasteiger partial charge in [0, 0.05) is 20.1 Å². The fourth-order valence-electron chi connectivity index (χ4n) is 5.21. The highest BCUT2D eigenvalue weighted by atomic mass is 19.1. The number of likely N-dealkylation sites (N-methyl/N-ethyl adjacent to an activating group) is 1. The molecular formula is C30H31F2N5O4. The minimum absolute atomic E-state index is 0.0749. The molecule has 0 saturated carbocycles. The molecule has 2 heterocycles. The minimum atomic E-state index is -0.924. The van der Waals surface area contributed by atoms with Gasteiger partial charge in [-0.3, -0.25) is 9.59 Å². The summed E-state index contributed by atoms with van der Waals surface area (Å²) >= 11 is 0. The molecule has 3 aromatic rings. The number of urea groups is 1. The molecular weight excluding hydrogens is 532 g/mol. The number of rotatable bonds is 8. The van der Waals surface area contributed by atoms with Gasteiger partial charge in [0.15, 0.2) is 0 Å². The standard InChI is InChI=1S/C30H31F2N5O4/c1-34-19-27(38)36-26(37(34)30(40)33-17-21-10-12-24(31)13-11-21)18-35(29(39)28(36)23-7-3-2-4-8-23)14-15-41-20-22-6-5-9-25(32)16-22/h2-13,16,26,28H,14-15,17-20H2,1H3,(H,33,40)/t26-,28-/m0/s1. The van der Waals surface area contributed by atoms with Crippen molar-refractivity contribution in [2.45, 2.75) is 25.4 Å². The highest BCUT2D eigenvalue weighted by molar-refractivity contribution is 5.92. The van der Waals surface area contributed by atoms with E-state index < -0.39 is 18.2 Å². The summed E-state index contributed by atoms with van der Waals surface area (Å²) in [6.45, 7) is 0.709. The number of carbonyl (C=O) groups excluding carboxylic acids is 3. The van der Waals surface area contributed by atoms with E-state index in [0.29, 0.717) is 16.7 Å². The molecule has 11 heteroatoms. The fourth-order valence-corrected chi connectivity index (χ4v) is 5.21. The van der Waals surface area contributed by atoms with E-state index in [9.17, 15) is 23.2 Å². The first-order valence-corrected chi connectivity index (χ1v) is 13.3. The summed E-state index contributed by atoms with van der Waals surface area (Å²) in [6.07, 6.45) is -0.777. The molecule has 41 heavy (non-hydrogen) atoms. The average molecular weight is 564 g/mol. The van der Waals surface area contributed by atoms with Crippen LogP contribution in [0.3, 0.4) is 0 Å². The maximum absolute atomic E-state index is 13.8. The Morgan fingerprint density at radius 3 is 2.44 bits per heavy atom. The van der Waals surface area contributed by atoms with Crippen molar-refractivity contribution in [2.24, 2.45) is 0 Å². The highest BCUT2D eigenvalue weighted by Crippen LogP contribution is 2.34. The van der Waals surface area contributed by atoms with Crippen molar-refractivity contribution in [1.29, 1.82) is 0 Å². The smallest absolute Gasteiger partial charge is 0.334 e. The summed E-state index contributed by atoms with van der Waals surface area (Å²) in [4.78, 5) is 43.7. The lowest BCUT2D eigenvalue weighted by Crippen LogP contribution is -2.73. The van der Waals surface area contributed by atoms with E-state index in [2.05, 4.69) is 5.32 Å². The van der Waals surface area contributed by atoms with Crippen molar-refractivity contribution in [1.82, 2.24) is 25.1 Å². The van der Waals surface area contributed by atoms with Crippen molar-refractivity contribution >= 4 is 17.8 Å². The molecule has 3 aromatic carbocycles. The van der Waals surface area contributed by atoms with Crippen LogP contribution in [0, 0.1) is 11.6 Å². The summed E-state index contributed by atoms with van der Waals surface area (Å²) in [6, 6.07) is 19.5. The maximum Gasteiger partial charge on any atom is 0.334 e. The molecule has 0 radical (unpaired) electrons. The molecule has 2 atom stereocenters. The van der Waals surface area contributed by atoms with E-state index in [1.54, 1.807) is 65.5 Å². The summed E-state index contributed by atoms with van der Waals surface area (Å²) < 4.78 is 32.6. The van der Waals surface area contributed by atoms with Crippen molar-refractivity contribution in [3.05, 3.63) is 107 Å². The molecule has 2 aliphatic heterocycles. The number of hydrogen-bond acceptors (Lipinski definition) is 5. The van der Waals surface area contributed by atoms with E-state index in [-0.39, 0.29) is 62.8 Å². The Morgan fingerprint density at radius 2 is 1.71 bits per heavy atom. The maximum atomic E-state index is 13.8. The van der Waals surface area contributed by atoms with Gasteiger partial charge >= 0.3 is 6.03 Å². The number of piperazine rings is 1. The summed E-state index contributed by atoms with van der Waals surface area (Å²) in [7, 11) is 1.65. The van der Waals surface area contributed by atoms with Crippen LogP contribution in [0.25, 0.3) is 0 Å². The number of carbonyl (C=O) groups is 3. The molecule has 9 nitrogen and oxygen atoms in total. The molecule has 5 rings (SSSR count). The monoisotopic (exact) mass is 563 g/mol. The first kappa shape index (κ1) is 28.2. The molecule has 2 aliphatic rings. The lowest BCUT2D eigenvalue weighted by molar-refractivity contribution is -0.188. The Morgan fingerprint density at radius 1 is 0.951 bits per heavy atom. The number of hydrazine groups is 1. The first-order valence-electron chi connectivity index (χ1n) is 13.3. The van der Waals surface area contributed by atoms with E-state index in [0.717, 1.165) is 0 Å². The van der Waals surface area contributed by atoms with Crippen LogP contribution in [0.4, 0.5) is 13.6 Å². The van der Waals surface area contributed by atoms with Gasteiger partial charge in [0.1, 0.15) is 23.8 Å². The van der Waals surface area contributed by atoms with Gasteiger partial charge in [-0.25, -0.2) is 23.6 Å². The van der Waals surface area contributed by atoms with Crippen LogP contribution >= 0.6 is 0 Å². The van der Waals surface area contributed by atoms with Crippen molar-refractivity contribution in [2.75, 3.05) is 33.3 Å². The number of nitrogens with zero attached hydrogens (tertiary/aromatic N) is 4. The van der Waals surface area contributed by atoms with Gasteiger partial charge in [0.2, 0.25) is 11.8 Å². The van der Waals surface area contributed by atoms with Gasteiger partial charge in [-0.05, 0) is 41.0 Å². The second-order valence-electron chi connectivity index (χ2n) is 10.0. The predicted octanol–water partition coefficient (Wildman–Crippen LogP) is 3.29. The lowest BCUT2D eigenvalue weighted by atomic mass is 9.99. The Balaban J connectivity index is 1.35. The van der Waals surface area contributed by atoms with Crippen LogP contribution in [0.1, 0.15) is 22.7 Å². The van der Waals surface area contributed by atoms with E-state index >= 15 is 0 Å². The third-order valence-electron chi connectivity index (χ3n) is 7.17. The van der Waals surface area contributed by atoms with E-state index in [4.69, 9.17) is 4.74 Å². The van der Waals surface area contributed by atoms with Crippen LogP contribution < -0.4 is 5.32 Å². The molecule has 0 spiro atoms. The van der Waals surface area contributed by atoms with Gasteiger partial charge in [-0.15, -0.1) is 0 Å². The zero-order valence-electron chi connectivity index (χ0n) is 22.6. The first-order chi connectivity index (χ1) is 19.8. The van der Waals surface area contributed by atoms with Gasteiger partial charge < -0.3 is 19.9 Å². The molecule has 2 saturated heterocycles. The van der Waals surface area contributed by atoms with E-state index in [1.807, 2.05) is 6.07 Å². The lowest BCUT2D eigenvalue weighted by Gasteiger charge is -2.54. The van der Waals surface area contributed by atoms with Crippen LogP contribution in [0.2, 0.25) is 0 Å². The fraction of sp³-hybridized carbons (Fsp3) is 0.300. The van der Waals surface area contributed by atoms with Crippen LogP contribution in [-0.4, -0.2) is 77.1 Å². The average Bonchev–Trinajstić information content (AvgIpc) is 2.96. The summed E-state index contributed by atoms with van der Waals surface area (Å²) in [5, 5.41) is 5.84. The second-order valence-corrected chi connectivity index (χ2v) is 10.0. The third kappa shape index (κ3) is 6.36. The molecule has 0 unspecified atom stereocenters. The van der Waals surface area contributed by atoms with Crippen LogP contribution in [-0.2, 0) is 27.5 Å². The molecule has 2 fully saturated rings. The van der Waals surface area contributed by atoms with Gasteiger partial charge in [-0.1, -0.05) is 54.6 Å². The topological polar surface area (TPSA) is 85.4 Å². The largest absolute Gasteiger partial charge is 0.375 e.